The lowest BCUT2D eigenvalue weighted by atomic mass is 9.48. The maximum absolute atomic E-state index is 12.7. The van der Waals surface area contributed by atoms with Gasteiger partial charge in [0.1, 0.15) is 0 Å². The fourth-order valence-electron chi connectivity index (χ4n) is 5.23. The Labute approximate surface area is 102 Å². The second-order valence-electron chi connectivity index (χ2n) is 6.73. The Bertz CT molecular complexity index is 358. The summed E-state index contributed by atoms with van der Waals surface area (Å²) >= 11 is 0. The highest BCUT2D eigenvalue weighted by Crippen LogP contribution is 2.61. The van der Waals surface area contributed by atoms with Gasteiger partial charge in [-0.2, -0.15) is 0 Å². The van der Waals surface area contributed by atoms with E-state index in [1.165, 1.54) is 19.3 Å². The summed E-state index contributed by atoms with van der Waals surface area (Å²) in [6, 6.07) is 0. The Kier molecular flexibility index (Phi) is 2.01. The van der Waals surface area contributed by atoms with Gasteiger partial charge in [-0.15, -0.1) is 0 Å². The molecule has 1 heterocycles. The van der Waals surface area contributed by atoms with Crippen molar-refractivity contribution in [3.05, 3.63) is 11.8 Å². The molecule has 0 N–H and O–H groups in total. The molecule has 2 nitrogen and oxygen atoms in total. The molecule has 4 aliphatic carbocycles. The van der Waals surface area contributed by atoms with Crippen molar-refractivity contribution in [2.45, 2.75) is 44.9 Å². The molecule has 0 amide bonds. The smallest absolute Gasteiger partial charge is 0.203 e. The van der Waals surface area contributed by atoms with E-state index in [2.05, 4.69) is 0 Å². The van der Waals surface area contributed by atoms with E-state index < -0.39 is 0 Å². The van der Waals surface area contributed by atoms with Crippen molar-refractivity contribution in [2.75, 3.05) is 6.61 Å². The molecular weight excluding hydrogens is 212 g/mol. The van der Waals surface area contributed by atoms with Crippen molar-refractivity contribution in [2.24, 2.45) is 23.2 Å². The van der Waals surface area contributed by atoms with Crippen LogP contribution in [0, 0.1) is 23.2 Å². The molecule has 4 bridgehead atoms. The van der Waals surface area contributed by atoms with Crippen molar-refractivity contribution in [3.63, 3.8) is 0 Å². The van der Waals surface area contributed by atoms with E-state index in [1.807, 2.05) is 6.08 Å². The minimum atomic E-state index is -0.00900. The van der Waals surface area contributed by atoms with Crippen molar-refractivity contribution >= 4 is 5.78 Å². The van der Waals surface area contributed by atoms with Crippen LogP contribution >= 0.6 is 0 Å². The average Bonchev–Trinajstić information content (AvgIpc) is 2.79. The minimum Gasteiger partial charge on any atom is -0.490 e. The van der Waals surface area contributed by atoms with Crippen molar-refractivity contribution in [1.82, 2.24) is 0 Å². The first-order valence-electron chi connectivity index (χ1n) is 7.13. The lowest BCUT2D eigenvalue weighted by molar-refractivity contribution is -0.143. The van der Waals surface area contributed by atoms with Crippen LogP contribution in [0.2, 0.25) is 0 Å². The van der Waals surface area contributed by atoms with Crippen molar-refractivity contribution in [1.29, 1.82) is 0 Å². The van der Waals surface area contributed by atoms with Gasteiger partial charge in [0.25, 0.3) is 0 Å². The molecule has 0 saturated heterocycles. The Morgan fingerprint density at radius 1 is 1.12 bits per heavy atom. The zero-order chi connectivity index (χ0) is 11.5. The number of carbonyl (C=O) groups excluding carboxylic acids is 1. The summed E-state index contributed by atoms with van der Waals surface area (Å²) in [5.41, 5.74) is -0.00900. The Morgan fingerprint density at radius 3 is 2.18 bits per heavy atom. The van der Waals surface area contributed by atoms with Gasteiger partial charge in [-0.25, -0.2) is 0 Å². The predicted molar refractivity (Wildman–Crippen MR) is 64.3 cm³/mol. The van der Waals surface area contributed by atoms with E-state index >= 15 is 0 Å². The standard InChI is InChI=1S/C15H20O2/c16-14(13-2-1-3-17-13)15-7-10-4-11(8-15)6-12(5-10)9-15/h2,10-12H,1,3-9H2. The molecule has 92 valence electrons. The molecular formula is C15H20O2. The van der Waals surface area contributed by atoms with Gasteiger partial charge in [-0.05, 0) is 62.4 Å². The number of hydrogen-bond acceptors (Lipinski definition) is 2. The molecule has 5 aliphatic rings. The molecule has 0 unspecified atom stereocenters. The monoisotopic (exact) mass is 232 g/mol. The van der Waals surface area contributed by atoms with Crippen LogP contribution in [0.25, 0.3) is 0 Å². The number of Topliss-reactive ketones (excluding diaryl/α,β-unsaturated/α-hetero) is 1. The van der Waals surface area contributed by atoms with Gasteiger partial charge in [-0.3, -0.25) is 4.79 Å². The maximum Gasteiger partial charge on any atom is 0.203 e. The van der Waals surface area contributed by atoms with Crippen LogP contribution < -0.4 is 0 Å². The average molecular weight is 232 g/mol. The zero-order valence-electron chi connectivity index (χ0n) is 10.3. The number of hydrogen-bond donors (Lipinski definition) is 0. The molecule has 0 aromatic rings. The topological polar surface area (TPSA) is 26.3 Å². The summed E-state index contributed by atoms with van der Waals surface area (Å²) in [5, 5.41) is 0. The van der Waals surface area contributed by atoms with Crippen LogP contribution in [0.3, 0.4) is 0 Å². The van der Waals surface area contributed by atoms with Gasteiger partial charge in [0, 0.05) is 11.8 Å². The first-order valence-corrected chi connectivity index (χ1v) is 7.13. The number of rotatable bonds is 2. The number of carbonyl (C=O) groups is 1. The van der Waals surface area contributed by atoms with E-state index in [-0.39, 0.29) is 5.41 Å². The van der Waals surface area contributed by atoms with E-state index in [4.69, 9.17) is 4.74 Å². The van der Waals surface area contributed by atoms with Crippen LogP contribution in [-0.2, 0) is 9.53 Å². The van der Waals surface area contributed by atoms with E-state index in [9.17, 15) is 4.79 Å². The highest BCUT2D eigenvalue weighted by molar-refractivity contribution is 5.98. The van der Waals surface area contributed by atoms with Crippen molar-refractivity contribution < 1.29 is 9.53 Å². The molecule has 0 aromatic carbocycles. The lowest BCUT2D eigenvalue weighted by Gasteiger charge is -2.55. The fourth-order valence-corrected chi connectivity index (χ4v) is 5.23. The summed E-state index contributed by atoms with van der Waals surface area (Å²) in [6.45, 7) is 0.716. The third-order valence-electron chi connectivity index (χ3n) is 5.45. The molecule has 0 atom stereocenters. The molecule has 4 fully saturated rings. The van der Waals surface area contributed by atoms with E-state index in [0.29, 0.717) is 18.1 Å². The summed E-state index contributed by atoms with van der Waals surface area (Å²) in [6.07, 6.45) is 10.6. The number of ketones is 1. The Morgan fingerprint density at radius 2 is 1.71 bits per heavy atom. The molecule has 4 saturated carbocycles. The third kappa shape index (κ3) is 1.42. The molecule has 2 heteroatoms. The van der Waals surface area contributed by atoms with Crippen LogP contribution in [0.1, 0.15) is 44.9 Å². The van der Waals surface area contributed by atoms with Gasteiger partial charge in [0.05, 0.1) is 6.61 Å². The lowest BCUT2D eigenvalue weighted by Crippen LogP contribution is -2.50. The maximum atomic E-state index is 12.7. The van der Waals surface area contributed by atoms with Crippen LogP contribution in [-0.4, -0.2) is 12.4 Å². The van der Waals surface area contributed by atoms with Crippen LogP contribution in [0.4, 0.5) is 0 Å². The normalized spacial score (nSPS) is 46.8. The first-order chi connectivity index (χ1) is 8.25. The van der Waals surface area contributed by atoms with Gasteiger partial charge in [-0.1, -0.05) is 0 Å². The second kappa shape index (κ2) is 3.37. The van der Waals surface area contributed by atoms with Crippen molar-refractivity contribution in [3.8, 4) is 0 Å². The number of ether oxygens (including phenoxy) is 1. The molecule has 0 aromatic heterocycles. The highest BCUT2D eigenvalue weighted by Gasteiger charge is 2.55. The Hall–Kier alpha value is -0.790. The van der Waals surface area contributed by atoms with E-state index in [1.54, 1.807) is 0 Å². The predicted octanol–water partition coefficient (Wildman–Crippen LogP) is 3.08. The second-order valence-corrected chi connectivity index (χ2v) is 6.73. The van der Waals surface area contributed by atoms with E-state index in [0.717, 1.165) is 43.4 Å². The number of allylic oxidation sites excluding steroid dienone is 1. The zero-order valence-corrected chi connectivity index (χ0v) is 10.3. The Balaban J connectivity index is 1.65. The fraction of sp³-hybridized carbons (Fsp3) is 0.800. The third-order valence-corrected chi connectivity index (χ3v) is 5.45. The SMILES string of the molecule is O=C(C1=CCCO1)C12CC3CC(CC(C3)C1)C2. The summed E-state index contributed by atoms with van der Waals surface area (Å²) in [5.74, 6) is 3.58. The van der Waals surface area contributed by atoms with Gasteiger partial charge < -0.3 is 4.74 Å². The van der Waals surface area contributed by atoms with Crippen LogP contribution in [0.5, 0.6) is 0 Å². The highest BCUT2D eigenvalue weighted by atomic mass is 16.5. The summed E-state index contributed by atoms with van der Waals surface area (Å²) in [4.78, 5) is 12.7. The minimum absolute atomic E-state index is 0.00900. The summed E-state index contributed by atoms with van der Waals surface area (Å²) < 4.78 is 5.52. The quantitative estimate of drug-likeness (QED) is 0.731. The largest absolute Gasteiger partial charge is 0.490 e. The molecule has 1 aliphatic heterocycles. The first kappa shape index (κ1) is 10.2. The van der Waals surface area contributed by atoms with Gasteiger partial charge >= 0.3 is 0 Å². The summed E-state index contributed by atoms with van der Waals surface area (Å²) in [7, 11) is 0. The molecule has 5 rings (SSSR count). The van der Waals surface area contributed by atoms with Gasteiger partial charge in [0.2, 0.25) is 5.78 Å². The molecule has 17 heavy (non-hydrogen) atoms. The molecule has 0 spiro atoms. The van der Waals surface area contributed by atoms with Crippen LogP contribution in [0.15, 0.2) is 11.8 Å². The molecule has 0 radical (unpaired) electrons. The van der Waals surface area contributed by atoms with Gasteiger partial charge in [0.15, 0.2) is 5.76 Å².